The molecule has 2 atom stereocenters. The van der Waals surface area contributed by atoms with Crippen molar-refractivity contribution in [1.29, 1.82) is 0 Å². The van der Waals surface area contributed by atoms with Crippen LogP contribution < -0.4 is 4.74 Å². The third kappa shape index (κ3) is 4.42. The molecule has 3 aromatic rings. The van der Waals surface area contributed by atoms with Crippen molar-refractivity contribution in [3.8, 4) is 16.9 Å². The fourth-order valence-electron chi connectivity index (χ4n) is 4.74. The van der Waals surface area contributed by atoms with Crippen molar-refractivity contribution in [3.05, 3.63) is 89.5 Å². The predicted octanol–water partition coefficient (Wildman–Crippen LogP) is 5.74. The lowest BCUT2D eigenvalue weighted by Crippen LogP contribution is -2.28. The van der Waals surface area contributed by atoms with E-state index in [2.05, 4.69) is 36.4 Å². The summed E-state index contributed by atoms with van der Waals surface area (Å²) < 4.78 is 11.6. The average Bonchev–Trinajstić information content (AvgIpc) is 3.35. The summed E-state index contributed by atoms with van der Waals surface area (Å²) in [5, 5.41) is 11.0. The van der Waals surface area contributed by atoms with Gasteiger partial charge in [0.2, 0.25) is 0 Å². The number of ether oxygens (including phenoxy) is 2. The molecule has 1 heterocycles. The van der Waals surface area contributed by atoms with Crippen LogP contribution in [0.2, 0.25) is 0 Å². The lowest BCUT2D eigenvalue weighted by molar-refractivity contribution is 0.0312. The molecule has 1 aliphatic carbocycles. The fourth-order valence-corrected chi connectivity index (χ4v) is 4.74. The SMILES string of the molecule is O=C(OC1CCCC1)c1ccc2c(c1)OCC(Cc1ccc(-c3ccccc3)cc1)C2O. The predicted molar refractivity (Wildman–Crippen MR) is 124 cm³/mol. The quantitative estimate of drug-likeness (QED) is 0.527. The van der Waals surface area contributed by atoms with E-state index in [4.69, 9.17) is 9.47 Å². The Labute approximate surface area is 188 Å². The van der Waals surface area contributed by atoms with Crippen molar-refractivity contribution in [3.63, 3.8) is 0 Å². The van der Waals surface area contributed by atoms with Gasteiger partial charge < -0.3 is 14.6 Å². The van der Waals surface area contributed by atoms with Crippen LogP contribution in [0.15, 0.2) is 72.8 Å². The summed E-state index contributed by atoms with van der Waals surface area (Å²) in [7, 11) is 0. The second kappa shape index (κ2) is 9.17. The maximum absolute atomic E-state index is 12.5. The summed E-state index contributed by atoms with van der Waals surface area (Å²) in [6, 6.07) is 24.0. The molecule has 3 aromatic carbocycles. The number of aliphatic hydroxyl groups is 1. The minimum atomic E-state index is -0.632. The van der Waals surface area contributed by atoms with E-state index in [1.807, 2.05) is 18.2 Å². The molecular weight excluding hydrogens is 400 g/mol. The van der Waals surface area contributed by atoms with E-state index in [0.29, 0.717) is 17.9 Å². The zero-order chi connectivity index (χ0) is 21.9. The van der Waals surface area contributed by atoms with Gasteiger partial charge in [-0.05, 0) is 60.9 Å². The van der Waals surface area contributed by atoms with E-state index < -0.39 is 6.10 Å². The monoisotopic (exact) mass is 428 g/mol. The van der Waals surface area contributed by atoms with E-state index in [9.17, 15) is 9.90 Å². The number of rotatable bonds is 5. The summed E-state index contributed by atoms with van der Waals surface area (Å²) >= 11 is 0. The highest BCUT2D eigenvalue weighted by Gasteiger charge is 2.30. The van der Waals surface area contributed by atoms with Gasteiger partial charge >= 0.3 is 5.97 Å². The number of fused-ring (bicyclic) bond motifs is 1. The Morgan fingerprint density at radius 3 is 2.41 bits per heavy atom. The van der Waals surface area contributed by atoms with E-state index in [1.54, 1.807) is 18.2 Å². The maximum atomic E-state index is 12.5. The number of benzene rings is 3. The van der Waals surface area contributed by atoms with Crippen LogP contribution in [0.1, 0.15) is 53.3 Å². The van der Waals surface area contributed by atoms with Crippen LogP contribution in [-0.4, -0.2) is 23.8 Å². The summed E-state index contributed by atoms with van der Waals surface area (Å²) in [5.74, 6) is 0.230. The zero-order valence-electron chi connectivity index (χ0n) is 18.1. The molecule has 4 nitrogen and oxygen atoms in total. The van der Waals surface area contributed by atoms with Gasteiger partial charge in [-0.15, -0.1) is 0 Å². The molecule has 4 heteroatoms. The molecule has 1 saturated carbocycles. The van der Waals surface area contributed by atoms with E-state index in [1.165, 1.54) is 11.1 Å². The zero-order valence-corrected chi connectivity index (χ0v) is 18.1. The molecule has 2 aliphatic rings. The van der Waals surface area contributed by atoms with Crippen molar-refractivity contribution < 1.29 is 19.4 Å². The molecular formula is C28H28O4. The molecule has 1 N–H and O–H groups in total. The Kier molecular flexibility index (Phi) is 5.95. The number of carbonyl (C=O) groups is 1. The van der Waals surface area contributed by atoms with Gasteiger partial charge in [-0.25, -0.2) is 4.79 Å². The molecule has 0 saturated heterocycles. The Bertz CT molecular complexity index is 1070. The summed E-state index contributed by atoms with van der Waals surface area (Å²) in [5.41, 5.74) is 4.75. The minimum Gasteiger partial charge on any atom is -0.493 e. The van der Waals surface area contributed by atoms with Gasteiger partial charge in [0.15, 0.2) is 0 Å². The van der Waals surface area contributed by atoms with Crippen LogP contribution in [0.3, 0.4) is 0 Å². The maximum Gasteiger partial charge on any atom is 0.338 e. The third-order valence-corrected chi connectivity index (χ3v) is 6.60. The van der Waals surface area contributed by atoms with Crippen LogP contribution in [0.4, 0.5) is 0 Å². The Balaban J connectivity index is 1.25. The van der Waals surface area contributed by atoms with E-state index in [-0.39, 0.29) is 18.0 Å². The highest BCUT2D eigenvalue weighted by Crippen LogP contribution is 2.38. The first-order chi connectivity index (χ1) is 15.7. The van der Waals surface area contributed by atoms with Gasteiger partial charge in [-0.2, -0.15) is 0 Å². The van der Waals surface area contributed by atoms with E-state index in [0.717, 1.165) is 43.2 Å². The van der Waals surface area contributed by atoms with Gasteiger partial charge in [-0.3, -0.25) is 0 Å². The van der Waals surface area contributed by atoms with Gasteiger partial charge in [-0.1, -0.05) is 60.7 Å². The van der Waals surface area contributed by atoms with Crippen molar-refractivity contribution in [1.82, 2.24) is 0 Å². The molecule has 0 bridgehead atoms. The number of esters is 1. The normalized spacial score (nSPS) is 20.4. The second-order valence-corrected chi connectivity index (χ2v) is 8.85. The standard InChI is InChI=1S/C28H28O4/c29-27-23(16-19-10-12-21(13-11-19)20-6-2-1-3-7-20)18-31-26-17-22(14-15-25(26)27)28(30)32-24-8-4-5-9-24/h1-3,6-7,10-15,17,23-24,27,29H,4-5,8-9,16,18H2. The lowest BCUT2D eigenvalue weighted by atomic mass is 9.87. The van der Waals surface area contributed by atoms with Crippen molar-refractivity contribution in [2.24, 2.45) is 5.92 Å². The smallest absolute Gasteiger partial charge is 0.338 e. The van der Waals surface area contributed by atoms with Gasteiger partial charge in [0.1, 0.15) is 11.9 Å². The first-order valence-electron chi connectivity index (χ1n) is 11.5. The average molecular weight is 429 g/mol. The number of hydrogen-bond donors (Lipinski definition) is 1. The highest BCUT2D eigenvalue weighted by atomic mass is 16.5. The van der Waals surface area contributed by atoms with Gasteiger partial charge in [0, 0.05) is 11.5 Å². The van der Waals surface area contributed by atoms with Crippen LogP contribution in [-0.2, 0) is 11.2 Å². The van der Waals surface area contributed by atoms with Crippen molar-refractivity contribution >= 4 is 5.97 Å². The van der Waals surface area contributed by atoms with Crippen molar-refractivity contribution in [2.75, 3.05) is 6.61 Å². The molecule has 1 fully saturated rings. The first-order valence-corrected chi connectivity index (χ1v) is 11.5. The molecule has 0 aromatic heterocycles. The molecule has 1 aliphatic heterocycles. The Hall–Kier alpha value is -3.11. The van der Waals surface area contributed by atoms with E-state index >= 15 is 0 Å². The number of aliphatic hydroxyl groups excluding tert-OH is 1. The first kappa shape index (κ1) is 20.8. The topological polar surface area (TPSA) is 55.8 Å². The molecule has 5 rings (SSSR count). The number of hydrogen-bond acceptors (Lipinski definition) is 4. The molecule has 0 spiro atoms. The summed E-state index contributed by atoms with van der Waals surface area (Å²) in [6.07, 6.45) is 4.25. The van der Waals surface area contributed by atoms with Gasteiger partial charge in [0.25, 0.3) is 0 Å². The molecule has 32 heavy (non-hydrogen) atoms. The van der Waals surface area contributed by atoms with Gasteiger partial charge in [0.05, 0.1) is 18.3 Å². The molecule has 0 radical (unpaired) electrons. The Morgan fingerprint density at radius 1 is 0.938 bits per heavy atom. The summed E-state index contributed by atoms with van der Waals surface area (Å²) in [4.78, 5) is 12.5. The Morgan fingerprint density at radius 2 is 1.66 bits per heavy atom. The fraction of sp³-hybridized carbons (Fsp3) is 0.321. The van der Waals surface area contributed by atoms with Crippen LogP contribution in [0, 0.1) is 5.92 Å². The number of carbonyl (C=O) groups excluding carboxylic acids is 1. The largest absolute Gasteiger partial charge is 0.493 e. The highest BCUT2D eigenvalue weighted by molar-refractivity contribution is 5.90. The molecule has 2 unspecified atom stereocenters. The van der Waals surface area contributed by atoms with Crippen LogP contribution in [0.25, 0.3) is 11.1 Å². The van der Waals surface area contributed by atoms with Crippen LogP contribution >= 0.6 is 0 Å². The van der Waals surface area contributed by atoms with Crippen molar-refractivity contribution in [2.45, 2.75) is 44.3 Å². The minimum absolute atomic E-state index is 0.0303. The second-order valence-electron chi connectivity index (χ2n) is 8.85. The lowest BCUT2D eigenvalue weighted by Gasteiger charge is -2.30. The third-order valence-electron chi connectivity index (χ3n) is 6.60. The summed E-state index contributed by atoms with van der Waals surface area (Å²) in [6.45, 7) is 0.412. The molecule has 164 valence electrons. The van der Waals surface area contributed by atoms with Crippen LogP contribution in [0.5, 0.6) is 5.75 Å². The molecule has 0 amide bonds.